The lowest BCUT2D eigenvalue weighted by atomic mass is 9.85. The van der Waals surface area contributed by atoms with E-state index in [0.717, 1.165) is 27.8 Å². The van der Waals surface area contributed by atoms with E-state index in [1.807, 2.05) is 27.7 Å². The van der Waals surface area contributed by atoms with E-state index < -0.39 is 27.8 Å². The molecule has 1 heterocycles. The maximum absolute atomic E-state index is 12.4. The molecular weight excluding hydrogens is 345 g/mol. The summed E-state index contributed by atoms with van der Waals surface area (Å²) in [5, 5.41) is 0. The van der Waals surface area contributed by atoms with E-state index in [1.165, 1.54) is 0 Å². The fourth-order valence-corrected chi connectivity index (χ4v) is 3.39. The van der Waals surface area contributed by atoms with Crippen molar-refractivity contribution >= 4 is 10.1 Å². The summed E-state index contributed by atoms with van der Waals surface area (Å²) < 4.78 is 69.6. The molecule has 24 heavy (non-hydrogen) atoms. The van der Waals surface area contributed by atoms with Gasteiger partial charge in [0.15, 0.2) is 0 Å². The van der Waals surface area contributed by atoms with Gasteiger partial charge >= 0.3 is 15.6 Å². The highest BCUT2D eigenvalue weighted by Crippen LogP contribution is 2.41. The maximum Gasteiger partial charge on any atom is 0.523 e. The average molecular weight is 366 g/mol. The van der Waals surface area contributed by atoms with Crippen LogP contribution in [-0.2, 0) is 20.7 Å². The quantitative estimate of drug-likeness (QED) is 0.602. The number of hydrogen-bond acceptors (Lipinski definition) is 4. The Kier molecular flexibility index (Phi) is 4.69. The Balaban J connectivity index is 2.29. The van der Waals surface area contributed by atoms with Crippen LogP contribution in [0.1, 0.15) is 41.2 Å². The van der Waals surface area contributed by atoms with Crippen molar-refractivity contribution in [3.05, 3.63) is 27.8 Å². The Labute approximate surface area is 140 Å². The van der Waals surface area contributed by atoms with E-state index in [1.54, 1.807) is 6.92 Å². The molecule has 136 valence electrons. The van der Waals surface area contributed by atoms with Gasteiger partial charge in [0.25, 0.3) is 0 Å². The summed E-state index contributed by atoms with van der Waals surface area (Å²) in [5.41, 5.74) is -1.32. The van der Waals surface area contributed by atoms with E-state index in [2.05, 4.69) is 4.18 Å². The lowest BCUT2D eigenvalue weighted by Crippen LogP contribution is -2.43. The van der Waals surface area contributed by atoms with E-state index in [0.29, 0.717) is 18.6 Å². The molecule has 1 atom stereocenters. The molecule has 1 aliphatic rings. The predicted octanol–water partition coefficient (Wildman–Crippen LogP) is 3.87. The van der Waals surface area contributed by atoms with Crippen molar-refractivity contribution in [3.63, 3.8) is 0 Å². The van der Waals surface area contributed by atoms with Gasteiger partial charge in [0.2, 0.25) is 0 Å². The first kappa shape index (κ1) is 19.1. The standard InChI is InChI=1S/C16H21F3O4S/c1-9-10(2)12(4)14-13(11(9)3)6-7-15(5,23-14)8-22-24(20,21)16(17,18)19/h6-8H2,1-5H3/t15-/m0/s1. The third-order valence-corrected chi connectivity index (χ3v) is 5.81. The number of alkyl halides is 3. The van der Waals surface area contributed by atoms with Crippen LogP contribution < -0.4 is 4.74 Å². The lowest BCUT2D eigenvalue weighted by molar-refractivity contribution is -0.0606. The molecule has 0 fully saturated rings. The fraction of sp³-hybridized carbons (Fsp3) is 0.625. The first-order chi connectivity index (χ1) is 10.8. The average Bonchev–Trinajstić information content (AvgIpc) is 2.48. The second-order valence-electron chi connectivity index (χ2n) is 6.52. The first-order valence-corrected chi connectivity index (χ1v) is 8.94. The molecule has 0 unspecified atom stereocenters. The van der Waals surface area contributed by atoms with Crippen LogP contribution in [0.5, 0.6) is 5.75 Å². The third-order valence-electron chi connectivity index (χ3n) is 4.81. The highest BCUT2D eigenvalue weighted by Gasteiger charge is 2.49. The molecule has 1 aliphatic heterocycles. The number of rotatable bonds is 3. The van der Waals surface area contributed by atoms with Crippen molar-refractivity contribution in [2.45, 2.75) is 58.6 Å². The summed E-state index contributed by atoms with van der Waals surface area (Å²) in [4.78, 5) is 0. The van der Waals surface area contributed by atoms with Crippen LogP contribution >= 0.6 is 0 Å². The van der Waals surface area contributed by atoms with Gasteiger partial charge in [-0.15, -0.1) is 0 Å². The monoisotopic (exact) mass is 366 g/mol. The molecular formula is C16H21F3O4S. The SMILES string of the molecule is Cc1c(C)c(C)c2c(c1C)CC[C@@](C)(COS(=O)(=O)C(F)(F)F)O2. The molecule has 0 bridgehead atoms. The van der Waals surface area contributed by atoms with Crippen LogP contribution in [0.15, 0.2) is 0 Å². The van der Waals surface area contributed by atoms with E-state index in [4.69, 9.17) is 4.74 Å². The Hall–Kier alpha value is -1.28. The van der Waals surface area contributed by atoms with Crippen molar-refractivity contribution in [1.29, 1.82) is 0 Å². The van der Waals surface area contributed by atoms with Gasteiger partial charge in [-0.25, -0.2) is 0 Å². The summed E-state index contributed by atoms with van der Waals surface area (Å²) in [6, 6.07) is 0. The molecule has 0 saturated carbocycles. The molecule has 0 radical (unpaired) electrons. The topological polar surface area (TPSA) is 52.6 Å². The van der Waals surface area contributed by atoms with Crippen molar-refractivity contribution in [3.8, 4) is 5.75 Å². The molecule has 0 spiro atoms. The van der Waals surface area contributed by atoms with Gasteiger partial charge in [0.1, 0.15) is 18.0 Å². The molecule has 0 aromatic heterocycles. The van der Waals surface area contributed by atoms with Crippen LogP contribution in [0.2, 0.25) is 0 Å². The van der Waals surface area contributed by atoms with Crippen LogP contribution in [0.3, 0.4) is 0 Å². The zero-order chi connectivity index (χ0) is 18.5. The van der Waals surface area contributed by atoms with Crippen molar-refractivity contribution in [2.24, 2.45) is 0 Å². The molecule has 0 aliphatic carbocycles. The zero-order valence-electron chi connectivity index (χ0n) is 14.3. The van der Waals surface area contributed by atoms with Gasteiger partial charge in [-0.2, -0.15) is 21.6 Å². The molecule has 0 saturated heterocycles. The Morgan fingerprint density at radius 1 is 1.08 bits per heavy atom. The van der Waals surface area contributed by atoms with Gasteiger partial charge < -0.3 is 4.74 Å². The summed E-state index contributed by atoms with van der Waals surface area (Å²) in [6.07, 6.45) is 0.964. The van der Waals surface area contributed by atoms with Crippen molar-refractivity contribution in [1.82, 2.24) is 0 Å². The number of ether oxygens (including phenoxy) is 1. The van der Waals surface area contributed by atoms with Crippen molar-refractivity contribution < 1.29 is 30.5 Å². The second kappa shape index (κ2) is 5.91. The molecule has 4 nitrogen and oxygen atoms in total. The molecule has 0 amide bonds. The zero-order valence-corrected chi connectivity index (χ0v) is 15.1. The van der Waals surface area contributed by atoms with E-state index in [9.17, 15) is 21.6 Å². The summed E-state index contributed by atoms with van der Waals surface area (Å²) in [5.74, 6) is 0.623. The molecule has 8 heteroatoms. The minimum atomic E-state index is -5.63. The van der Waals surface area contributed by atoms with Crippen molar-refractivity contribution in [2.75, 3.05) is 6.61 Å². The van der Waals surface area contributed by atoms with Gasteiger partial charge in [-0.3, -0.25) is 4.18 Å². The molecule has 2 rings (SSSR count). The van der Waals surface area contributed by atoms with E-state index >= 15 is 0 Å². The summed E-state index contributed by atoms with van der Waals surface area (Å²) >= 11 is 0. The Morgan fingerprint density at radius 3 is 2.17 bits per heavy atom. The predicted molar refractivity (Wildman–Crippen MR) is 83.7 cm³/mol. The number of fused-ring (bicyclic) bond motifs is 1. The smallest absolute Gasteiger partial charge is 0.485 e. The maximum atomic E-state index is 12.4. The third kappa shape index (κ3) is 3.26. The van der Waals surface area contributed by atoms with Crippen LogP contribution in [-0.4, -0.2) is 26.1 Å². The molecule has 1 aromatic rings. The highest BCUT2D eigenvalue weighted by atomic mass is 32.2. The normalized spacial score (nSPS) is 21.3. The minimum Gasteiger partial charge on any atom is -0.485 e. The highest BCUT2D eigenvalue weighted by molar-refractivity contribution is 7.87. The van der Waals surface area contributed by atoms with Crippen LogP contribution in [0.25, 0.3) is 0 Å². The van der Waals surface area contributed by atoms with Gasteiger partial charge in [-0.1, -0.05) is 0 Å². The summed E-state index contributed by atoms with van der Waals surface area (Å²) in [6.45, 7) is 8.73. The Morgan fingerprint density at radius 2 is 1.62 bits per heavy atom. The van der Waals surface area contributed by atoms with E-state index in [-0.39, 0.29) is 0 Å². The van der Waals surface area contributed by atoms with Crippen LogP contribution in [0.4, 0.5) is 13.2 Å². The fourth-order valence-electron chi connectivity index (χ4n) is 2.85. The number of benzene rings is 1. The molecule has 0 N–H and O–H groups in total. The second-order valence-corrected chi connectivity index (χ2v) is 8.13. The van der Waals surface area contributed by atoms with Crippen LogP contribution in [0, 0.1) is 27.7 Å². The van der Waals surface area contributed by atoms with Gasteiger partial charge in [0, 0.05) is 0 Å². The first-order valence-electron chi connectivity index (χ1n) is 7.53. The number of hydrogen-bond donors (Lipinski definition) is 0. The minimum absolute atomic E-state index is 0.371. The van der Waals surface area contributed by atoms with Gasteiger partial charge in [0.05, 0.1) is 0 Å². The largest absolute Gasteiger partial charge is 0.523 e. The van der Waals surface area contributed by atoms with Gasteiger partial charge in [-0.05, 0) is 75.3 Å². The number of halogens is 3. The molecule has 1 aromatic carbocycles. The Bertz CT molecular complexity index is 769. The lowest BCUT2D eigenvalue weighted by Gasteiger charge is -2.37. The summed E-state index contributed by atoms with van der Waals surface area (Å²) in [7, 11) is -5.63.